The number of aromatic nitrogens is 3. The van der Waals surface area contributed by atoms with Gasteiger partial charge in [-0.05, 0) is 19.3 Å². The van der Waals surface area contributed by atoms with Gasteiger partial charge in [-0.2, -0.15) is 0 Å². The van der Waals surface area contributed by atoms with E-state index in [0.717, 1.165) is 44.6 Å². The number of carbonyl (C=O) groups is 1. The molecular weight excluding hydrogens is 280 g/mol. The Morgan fingerprint density at radius 3 is 2.91 bits per heavy atom. The second-order valence-corrected chi connectivity index (χ2v) is 5.70. The Morgan fingerprint density at radius 1 is 1.45 bits per heavy atom. The van der Waals surface area contributed by atoms with Crippen LogP contribution in [0.3, 0.4) is 0 Å². The van der Waals surface area contributed by atoms with Crippen LogP contribution in [0.25, 0.3) is 0 Å². The van der Waals surface area contributed by atoms with Crippen molar-refractivity contribution >= 4 is 6.03 Å². The van der Waals surface area contributed by atoms with Crippen LogP contribution in [0, 0.1) is 0 Å². The van der Waals surface area contributed by atoms with Crippen molar-refractivity contribution in [2.45, 2.75) is 45.2 Å². The van der Waals surface area contributed by atoms with Gasteiger partial charge >= 0.3 is 6.03 Å². The number of primary amides is 1. The Labute approximate surface area is 131 Å². The first-order valence-electron chi connectivity index (χ1n) is 8.00. The number of nitrogens with zero attached hydrogens (tertiary/aromatic N) is 4. The number of allylic oxidation sites excluding steroid dienone is 1. The van der Waals surface area contributed by atoms with E-state index in [9.17, 15) is 4.79 Å². The third-order valence-corrected chi connectivity index (χ3v) is 3.92. The minimum absolute atomic E-state index is 0.330. The number of piperidine rings is 1. The highest BCUT2D eigenvalue weighted by Gasteiger charge is 2.20. The maximum Gasteiger partial charge on any atom is 0.312 e. The van der Waals surface area contributed by atoms with Crippen molar-refractivity contribution in [2.75, 3.05) is 19.6 Å². The van der Waals surface area contributed by atoms with E-state index >= 15 is 0 Å². The molecule has 1 aliphatic heterocycles. The van der Waals surface area contributed by atoms with Crippen molar-refractivity contribution in [1.82, 2.24) is 25.2 Å². The standard InChI is InChI=1S/C15H26N6O/c1-2-3-4-5-8-20-9-6-14(7-10-20)21-12-13(18-19-21)11-17-15(16)22/h4-5,12,14H,2-3,6-11H2,1H3,(H3,16,17,22)/b5-4+. The lowest BCUT2D eigenvalue weighted by Crippen LogP contribution is -2.34. The van der Waals surface area contributed by atoms with Crippen molar-refractivity contribution in [1.29, 1.82) is 0 Å². The summed E-state index contributed by atoms with van der Waals surface area (Å²) in [5.41, 5.74) is 5.79. The van der Waals surface area contributed by atoms with Crippen molar-refractivity contribution in [2.24, 2.45) is 5.73 Å². The van der Waals surface area contributed by atoms with E-state index in [2.05, 4.69) is 39.6 Å². The highest BCUT2D eigenvalue weighted by Crippen LogP contribution is 2.21. The number of carbonyl (C=O) groups excluding carboxylic acids is 1. The summed E-state index contributed by atoms with van der Waals surface area (Å²) in [5, 5.41) is 10.8. The van der Waals surface area contributed by atoms with E-state index in [4.69, 9.17) is 5.73 Å². The number of nitrogens with two attached hydrogens (primary N) is 1. The fourth-order valence-electron chi connectivity index (χ4n) is 2.63. The number of likely N-dealkylation sites (tertiary alicyclic amines) is 1. The van der Waals surface area contributed by atoms with Crippen molar-refractivity contribution < 1.29 is 4.79 Å². The summed E-state index contributed by atoms with van der Waals surface area (Å²) in [5.74, 6) is 0. The Morgan fingerprint density at radius 2 is 2.23 bits per heavy atom. The van der Waals surface area contributed by atoms with Crippen molar-refractivity contribution in [3.05, 3.63) is 24.0 Å². The summed E-state index contributed by atoms with van der Waals surface area (Å²) >= 11 is 0. The molecule has 1 aromatic heterocycles. The number of rotatable bonds is 7. The Kier molecular flexibility index (Phi) is 6.39. The molecule has 1 fully saturated rings. The molecule has 2 heterocycles. The van der Waals surface area contributed by atoms with Gasteiger partial charge in [-0.15, -0.1) is 5.10 Å². The van der Waals surface area contributed by atoms with Gasteiger partial charge in [-0.1, -0.05) is 30.7 Å². The predicted octanol–water partition coefficient (Wildman–Crippen LogP) is 1.44. The molecule has 122 valence electrons. The average molecular weight is 306 g/mol. The van der Waals surface area contributed by atoms with Gasteiger partial charge in [0, 0.05) is 19.6 Å². The van der Waals surface area contributed by atoms with E-state index in [1.165, 1.54) is 6.42 Å². The van der Waals surface area contributed by atoms with Gasteiger partial charge in [0.15, 0.2) is 0 Å². The Balaban J connectivity index is 1.75. The quantitative estimate of drug-likeness (QED) is 0.746. The minimum Gasteiger partial charge on any atom is -0.352 e. The first-order chi connectivity index (χ1) is 10.7. The summed E-state index contributed by atoms with van der Waals surface area (Å²) in [7, 11) is 0. The maximum atomic E-state index is 10.7. The van der Waals surface area contributed by atoms with Gasteiger partial charge in [0.1, 0.15) is 5.69 Å². The molecule has 1 aromatic rings. The van der Waals surface area contributed by atoms with Gasteiger partial charge in [0.2, 0.25) is 0 Å². The first kappa shape index (κ1) is 16.5. The number of hydrogen-bond donors (Lipinski definition) is 2. The molecule has 1 saturated heterocycles. The van der Waals surface area contributed by atoms with Crippen LogP contribution in [0.1, 0.15) is 44.3 Å². The van der Waals surface area contributed by atoms with Gasteiger partial charge in [0.05, 0.1) is 18.8 Å². The third-order valence-electron chi connectivity index (χ3n) is 3.92. The minimum atomic E-state index is -0.543. The monoisotopic (exact) mass is 306 g/mol. The molecule has 0 spiro atoms. The van der Waals surface area contributed by atoms with Crippen LogP contribution < -0.4 is 11.1 Å². The van der Waals surface area contributed by atoms with Crippen LogP contribution in [0.2, 0.25) is 0 Å². The molecule has 0 unspecified atom stereocenters. The second-order valence-electron chi connectivity index (χ2n) is 5.70. The fraction of sp³-hybridized carbons (Fsp3) is 0.667. The molecule has 0 saturated carbocycles. The molecule has 2 rings (SSSR count). The molecule has 22 heavy (non-hydrogen) atoms. The lowest BCUT2D eigenvalue weighted by molar-refractivity contribution is 0.193. The Hall–Kier alpha value is -1.89. The van der Waals surface area contributed by atoms with Gasteiger partial charge in [-0.3, -0.25) is 4.90 Å². The van der Waals surface area contributed by atoms with Crippen molar-refractivity contribution in [3.63, 3.8) is 0 Å². The average Bonchev–Trinajstić information content (AvgIpc) is 2.99. The lowest BCUT2D eigenvalue weighted by atomic mass is 10.1. The zero-order valence-corrected chi connectivity index (χ0v) is 13.2. The normalized spacial score (nSPS) is 17.1. The van der Waals surface area contributed by atoms with E-state index in [0.29, 0.717) is 12.6 Å². The number of amides is 2. The van der Waals surface area contributed by atoms with E-state index in [-0.39, 0.29) is 0 Å². The van der Waals surface area contributed by atoms with Crippen molar-refractivity contribution in [3.8, 4) is 0 Å². The van der Waals surface area contributed by atoms with Crippen LogP contribution in [0.4, 0.5) is 4.79 Å². The van der Waals surface area contributed by atoms with Crippen LogP contribution in [-0.4, -0.2) is 45.6 Å². The summed E-state index contributed by atoms with van der Waals surface area (Å²) < 4.78 is 1.92. The second kappa shape index (κ2) is 8.53. The number of nitrogens with one attached hydrogen (secondary N) is 1. The maximum absolute atomic E-state index is 10.7. The predicted molar refractivity (Wildman–Crippen MR) is 85.2 cm³/mol. The largest absolute Gasteiger partial charge is 0.352 e. The van der Waals surface area contributed by atoms with Crippen LogP contribution in [0.5, 0.6) is 0 Å². The zero-order valence-electron chi connectivity index (χ0n) is 13.2. The van der Waals surface area contributed by atoms with Crippen LogP contribution in [-0.2, 0) is 6.54 Å². The summed E-state index contributed by atoms with van der Waals surface area (Å²) in [6.07, 6.45) is 11.0. The number of hydrogen-bond acceptors (Lipinski definition) is 4. The molecule has 7 nitrogen and oxygen atoms in total. The Bertz CT molecular complexity index is 490. The molecule has 0 aromatic carbocycles. The first-order valence-corrected chi connectivity index (χ1v) is 8.00. The summed E-state index contributed by atoms with van der Waals surface area (Å²) in [4.78, 5) is 13.2. The fourth-order valence-corrected chi connectivity index (χ4v) is 2.63. The van der Waals surface area contributed by atoms with E-state index in [1.54, 1.807) is 0 Å². The van der Waals surface area contributed by atoms with E-state index < -0.39 is 6.03 Å². The molecule has 0 bridgehead atoms. The molecule has 0 radical (unpaired) electrons. The lowest BCUT2D eigenvalue weighted by Gasteiger charge is -2.30. The topological polar surface area (TPSA) is 89.1 Å². The number of unbranched alkanes of at least 4 members (excludes halogenated alkanes) is 1. The zero-order chi connectivity index (χ0) is 15.8. The molecule has 7 heteroatoms. The summed E-state index contributed by atoms with van der Waals surface area (Å²) in [6.45, 7) is 5.72. The third kappa shape index (κ3) is 5.14. The summed E-state index contributed by atoms with van der Waals surface area (Å²) in [6, 6.07) is -0.148. The molecule has 1 aliphatic rings. The molecule has 2 amide bonds. The van der Waals surface area contributed by atoms with Crippen LogP contribution in [0.15, 0.2) is 18.3 Å². The molecule has 3 N–H and O–H groups in total. The van der Waals surface area contributed by atoms with Gasteiger partial charge in [-0.25, -0.2) is 9.48 Å². The highest BCUT2D eigenvalue weighted by molar-refractivity contribution is 5.71. The van der Waals surface area contributed by atoms with Gasteiger partial charge in [0.25, 0.3) is 0 Å². The number of urea groups is 1. The SMILES string of the molecule is CCC/C=C/CN1CCC(n2cc(CNC(N)=O)nn2)CC1. The molecular formula is C15H26N6O. The van der Waals surface area contributed by atoms with Gasteiger partial charge < -0.3 is 11.1 Å². The molecule has 0 atom stereocenters. The smallest absolute Gasteiger partial charge is 0.312 e. The highest BCUT2D eigenvalue weighted by atomic mass is 16.2. The molecule has 0 aliphatic carbocycles. The van der Waals surface area contributed by atoms with E-state index in [1.807, 2.05) is 10.9 Å². The van der Waals surface area contributed by atoms with Crippen LogP contribution >= 0.6 is 0 Å².